The number of nitrogens with zero attached hydrogens (tertiary/aromatic N) is 5. The van der Waals surface area contributed by atoms with Crippen molar-refractivity contribution in [2.45, 2.75) is 68.1 Å². The number of amides is 3. The molecule has 3 heterocycles. The van der Waals surface area contributed by atoms with Gasteiger partial charge in [0.2, 0.25) is 11.8 Å². The monoisotopic (exact) mass is 1060 g/mol. The Kier molecular flexibility index (Phi) is 22.4. The number of hydrogen-bond donors (Lipinski definition) is 3. The largest absolute Gasteiger partial charge is 0.394 e. The summed E-state index contributed by atoms with van der Waals surface area (Å²) in [6.07, 6.45) is 9.00. The molecule has 1 atom stereocenters. The highest BCUT2D eigenvalue weighted by Gasteiger charge is 2.24. The first-order valence-corrected chi connectivity index (χ1v) is 28.3. The summed E-state index contributed by atoms with van der Waals surface area (Å²) in [4.78, 5) is 53.9. The van der Waals surface area contributed by atoms with E-state index in [2.05, 4.69) is 99.3 Å². The molecule has 0 unspecified atom stereocenters. The second-order valence-corrected chi connectivity index (χ2v) is 20.8. The third-order valence-electron chi connectivity index (χ3n) is 14.3. The molecule has 15 nitrogen and oxygen atoms in total. The van der Waals surface area contributed by atoms with Crippen molar-refractivity contribution in [3.63, 3.8) is 0 Å². The van der Waals surface area contributed by atoms with Crippen molar-refractivity contribution < 1.29 is 38.4 Å². The maximum absolute atomic E-state index is 13.8. The van der Waals surface area contributed by atoms with Gasteiger partial charge in [0.05, 0.1) is 84.0 Å². The summed E-state index contributed by atoms with van der Waals surface area (Å²) in [7, 11) is 1.80. The lowest BCUT2D eigenvalue weighted by Crippen LogP contribution is -2.49. The minimum Gasteiger partial charge on any atom is -0.394 e. The second-order valence-electron chi connectivity index (χ2n) is 19.7. The predicted molar refractivity (Wildman–Crippen MR) is 300 cm³/mol. The molecule has 1 aromatic heterocycles. The van der Waals surface area contributed by atoms with Gasteiger partial charge in [-0.2, -0.15) is 0 Å². The van der Waals surface area contributed by atoms with Gasteiger partial charge in [-0.15, -0.1) is 11.8 Å². The summed E-state index contributed by atoms with van der Waals surface area (Å²) in [5.41, 5.74) is 9.95. The Bertz CT molecular complexity index is 2630. The van der Waals surface area contributed by atoms with Crippen molar-refractivity contribution in [3.8, 4) is 11.3 Å². The zero-order valence-electron chi connectivity index (χ0n) is 44.3. The van der Waals surface area contributed by atoms with Crippen LogP contribution in [0, 0.1) is 0 Å². The molecule has 3 aliphatic rings. The molecule has 4 aromatic carbocycles. The van der Waals surface area contributed by atoms with E-state index in [1.165, 1.54) is 30.4 Å². The van der Waals surface area contributed by atoms with E-state index < -0.39 is 0 Å². The first-order chi connectivity index (χ1) is 37.3. The zero-order valence-corrected chi connectivity index (χ0v) is 45.1. The Morgan fingerprint density at radius 1 is 0.737 bits per heavy atom. The molecule has 3 amide bonds. The topological polar surface area (TPSA) is 158 Å². The van der Waals surface area contributed by atoms with Gasteiger partial charge >= 0.3 is 0 Å². The highest BCUT2D eigenvalue weighted by Crippen LogP contribution is 2.36. The lowest BCUT2D eigenvalue weighted by Gasteiger charge is -2.34. The number of piperidine rings is 1. The van der Waals surface area contributed by atoms with Crippen LogP contribution in [-0.2, 0) is 47.1 Å². The molecule has 8 rings (SSSR count). The molecule has 5 aromatic rings. The zero-order chi connectivity index (χ0) is 52.7. The molecule has 3 N–H and O–H groups in total. The van der Waals surface area contributed by atoms with Gasteiger partial charge in [-0.3, -0.25) is 24.3 Å². The summed E-state index contributed by atoms with van der Waals surface area (Å²) >= 11 is 1.74. The molecule has 2 fully saturated rings. The maximum Gasteiger partial charge on any atom is 0.251 e. The van der Waals surface area contributed by atoms with Gasteiger partial charge in [-0.1, -0.05) is 48.5 Å². The number of carbonyl (C=O) groups excluding carboxylic acids is 3. The maximum atomic E-state index is 13.8. The Morgan fingerprint density at radius 2 is 1.50 bits per heavy atom. The highest BCUT2D eigenvalue weighted by molar-refractivity contribution is 7.98. The van der Waals surface area contributed by atoms with E-state index in [0.29, 0.717) is 90.9 Å². The number of ether oxygens (including phenoxy) is 4. The van der Waals surface area contributed by atoms with Gasteiger partial charge in [-0.05, 0) is 115 Å². The summed E-state index contributed by atoms with van der Waals surface area (Å²) < 4.78 is 22.4. The number of rotatable bonds is 28. The fourth-order valence-electron chi connectivity index (χ4n) is 9.95. The van der Waals surface area contributed by atoms with Crippen molar-refractivity contribution in [2.24, 2.45) is 0 Å². The number of aliphatic hydroxyl groups is 1. The molecule has 0 spiro atoms. The van der Waals surface area contributed by atoms with Crippen molar-refractivity contribution in [1.29, 1.82) is 0 Å². The van der Waals surface area contributed by atoms with Crippen LogP contribution in [0.1, 0.15) is 77.2 Å². The number of thioether (sulfide) groups is 1. The number of nitrogens with one attached hydrogen (secondary N) is 2. The second kappa shape index (κ2) is 30.2. The molecule has 0 bridgehead atoms. The number of carbonyl (C=O) groups is 3. The normalized spacial score (nSPS) is 15.8. The average molecular weight is 1060 g/mol. The third kappa shape index (κ3) is 17.3. The van der Waals surface area contributed by atoms with Gasteiger partial charge in [0.25, 0.3) is 5.91 Å². The highest BCUT2D eigenvalue weighted by atomic mass is 32.2. The number of aromatic nitrogens is 1. The minimum absolute atomic E-state index is 0.0126. The molecule has 406 valence electrons. The van der Waals surface area contributed by atoms with Crippen molar-refractivity contribution in [3.05, 3.63) is 137 Å². The summed E-state index contributed by atoms with van der Waals surface area (Å²) in [6, 6.07) is 35.4. The SMILES string of the molecule is CN(CCOCCOCCOCCC(=O)N1CCN(CCOCCO)CC1)C(=O)Cc1cccc(SCc2cccc(Nc3ccc(N4CCCCC4)cc3-c3cc(C(=O)N[C@H]4CCCc5ccccc54)ccn3)c2)c1. The van der Waals surface area contributed by atoms with Crippen LogP contribution in [0.3, 0.4) is 0 Å². The minimum atomic E-state index is -0.0924. The van der Waals surface area contributed by atoms with Crippen molar-refractivity contribution in [1.82, 2.24) is 25.0 Å². The summed E-state index contributed by atoms with van der Waals surface area (Å²) in [6.45, 7) is 9.76. The van der Waals surface area contributed by atoms with E-state index >= 15 is 0 Å². The summed E-state index contributed by atoms with van der Waals surface area (Å²) in [5, 5.41) is 15.9. The summed E-state index contributed by atoms with van der Waals surface area (Å²) in [5.74, 6) is 0.785. The number of benzene rings is 4. The average Bonchev–Trinajstić information content (AvgIpc) is 3.45. The number of aliphatic hydroxyl groups excluding tert-OH is 1. The molecule has 0 radical (unpaired) electrons. The number of likely N-dealkylation sites (N-methyl/N-ethyl adjacent to an activating group) is 1. The Hall–Kier alpha value is -5.85. The lowest BCUT2D eigenvalue weighted by atomic mass is 9.87. The van der Waals surface area contributed by atoms with Crippen LogP contribution in [0.15, 0.2) is 114 Å². The van der Waals surface area contributed by atoms with E-state index in [1.807, 2.05) is 23.1 Å². The van der Waals surface area contributed by atoms with Gasteiger partial charge in [0.15, 0.2) is 0 Å². The molecular formula is C60H77N7O8S. The number of hydrogen-bond acceptors (Lipinski definition) is 13. The fraction of sp³-hybridized carbons (Fsp3) is 0.467. The molecule has 1 aliphatic carbocycles. The van der Waals surface area contributed by atoms with Crippen LogP contribution in [0.2, 0.25) is 0 Å². The number of pyridine rings is 1. The van der Waals surface area contributed by atoms with Gasteiger partial charge in [-0.25, -0.2) is 0 Å². The van der Waals surface area contributed by atoms with E-state index in [1.54, 1.807) is 36.0 Å². The van der Waals surface area contributed by atoms with Crippen LogP contribution in [-0.4, -0.2) is 161 Å². The molecule has 76 heavy (non-hydrogen) atoms. The van der Waals surface area contributed by atoms with E-state index in [9.17, 15) is 14.4 Å². The lowest BCUT2D eigenvalue weighted by molar-refractivity contribution is -0.134. The molecule has 0 saturated carbocycles. The number of aryl methyl sites for hydroxylation is 1. The van der Waals surface area contributed by atoms with Crippen LogP contribution < -0.4 is 15.5 Å². The number of anilines is 3. The van der Waals surface area contributed by atoms with Gasteiger partial charge < -0.3 is 49.4 Å². The Balaban J connectivity index is 0.752. The van der Waals surface area contributed by atoms with Gasteiger partial charge in [0, 0.05) is 104 Å². The molecule has 2 saturated heterocycles. The third-order valence-corrected chi connectivity index (χ3v) is 15.3. The number of fused-ring (bicyclic) bond motifs is 1. The smallest absolute Gasteiger partial charge is 0.251 e. The Morgan fingerprint density at radius 3 is 2.33 bits per heavy atom. The molecular weight excluding hydrogens is 979 g/mol. The van der Waals surface area contributed by atoms with Crippen molar-refractivity contribution in [2.75, 3.05) is 129 Å². The van der Waals surface area contributed by atoms with E-state index in [0.717, 1.165) is 102 Å². The van der Waals surface area contributed by atoms with Crippen LogP contribution in [0.25, 0.3) is 11.3 Å². The molecule has 16 heteroatoms. The first-order valence-electron chi connectivity index (χ1n) is 27.3. The predicted octanol–water partition coefficient (Wildman–Crippen LogP) is 8.18. The van der Waals surface area contributed by atoms with Gasteiger partial charge in [0.1, 0.15) is 0 Å². The van der Waals surface area contributed by atoms with E-state index in [-0.39, 0.29) is 30.4 Å². The van der Waals surface area contributed by atoms with Crippen LogP contribution >= 0.6 is 11.8 Å². The van der Waals surface area contributed by atoms with E-state index in [4.69, 9.17) is 29.0 Å². The number of piperazine rings is 1. The standard InChI is InChI=1S/C60H77N7O8S/c1-64(29-33-74-37-39-75-38-36-72-32-21-58(69)67-27-25-65(26-28-67)30-34-73-35-31-68)59(70)42-46-10-8-15-52(41-46)76-45-47-11-7-14-50(40-47)62-56-19-18-51(66-23-5-2-6-24-66)44-54(56)57-43-49(20-22-61-57)60(71)63-55-17-9-13-48-12-3-4-16-53(48)55/h3-4,7-8,10-12,14-16,18-20,22,40-41,43-44,55,62,68H,2,5-6,9,13,17,21,23-39,42,45H2,1H3,(H,63,71)/t55-/m0/s1. The van der Waals surface area contributed by atoms with Crippen LogP contribution in [0.5, 0.6) is 0 Å². The quantitative estimate of drug-likeness (QED) is 0.0326. The molecule has 2 aliphatic heterocycles. The van der Waals surface area contributed by atoms with Crippen LogP contribution in [0.4, 0.5) is 17.1 Å². The fourth-order valence-corrected chi connectivity index (χ4v) is 10.9. The first kappa shape index (κ1) is 56.4. The van der Waals surface area contributed by atoms with Crippen molar-refractivity contribution >= 4 is 46.5 Å². The Labute approximate surface area is 453 Å².